The van der Waals surface area contributed by atoms with Gasteiger partial charge >= 0.3 is 6.03 Å². The molecule has 2 aromatic carbocycles. The third-order valence-corrected chi connectivity index (χ3v) is 3.73. The molecule has 5 heteroatoms. The predicted molar refractivity (Wildman–Crippen MR) is 94.3 cm³/mol. The molecule has 2 rings (SSSR count). The molecule has 0 aliphatic heterocycles. The van der Waals surface area contributed by atoms with Crippen LogP contribution in [0.2, 0.25) is 0 Å². The first-order valence-corrected chi connectivity index (χ1v) is 7.76. The number of hydrogen-bond donors (Lipinski definition) is 2. The monoisotopic (exact) mass is 323 g/mol. The Labute approximate surface area is 142 Å². The maximum Gasteiger partial charge on any atom is 0.319 e. The molecule has 5 nitrogen and oxygen atoms in total. The largest absolute Gasteiger partial charge is 0.491 e. The van der Waals surface area contributed by atoms with Crippen LogP contribution in [-0.2, 0) is 0 Å². The molecule has 0 saturated heterocycles. The first kappa shape index (κ1) is 17.4. The number of ether oxygens (including phenoxy) is 1. The molecular formula is C19H21N3O2. The van der Waals surface area contributed by atoms with Crippen molar-refractivity contribution in [3.8, 4) is 11.8 Å². The van der Waals surface area contributed by atoms with Crippen molar-refractivity contribution < 1.29 is 9.53 Å². The number of nitriles is 1. The number of benzene rings is 2. The Morgan fingerprint density at radius 1 is 1.12 bits per heavy atom. The number of nitrogens with zero attached hydrogens (tertiary/aromatic N) is 1. The van der Waals surface area contributed by atoms with E-state index in [0.717, 1.165) is 11.3 Å². The number of nitrogens with one attached hydrogen (secondary N) is 2. The van der Waals surface area contributed by atoms with Gasteiger partial charge in [0.1, 0.15) is 18.4 Å². The topological polar surface area (TPSA) is 74.2 Å². The molecule has 0 saturated carbocycles. The summed E-state index contributed by atoms with van der Waals surface area (Å²) in [7, 11) is 0. The highest BCUT2D eigenvalue weighted by Gasteiger charge is 2.06. The van der Waals surface area contributed by atoms with Gasteiger partial charge in [0.25, 0.3) is 0 Å². The molecule has 0 spiro atoms. The minimum Gasteiger partial charge on any atom is -0.491 e. The molecule has 0 unspecified atom stereocenters. The van der Waals surface area contributed by atoms with Crippen LogP contribution in [0.3, 0.4) is 0 Å². The molecule has 0 atom stereocenters. The first-order chi connectivity index (χ1) is 11.5. The third-order valence-electron chi connectivity index (χ3n) is 3.73. The molecule has 0 aromatic heterocycles. The Kier molecular flexibility index (Phi) is 5.80. The number of urea groups is 1. The second kappa shape index (κ2) is 8.02. The van der Waals surface area contributed by atoms with Crippen molar-refractivity contribution in [2.45, 2.75) is 20.8 Å². The van der Waals surface area contributed by atoms with Crippen molar-refractivity contribution in [3.63, 3.8) is 0 Å². The lowest BCUT2D eigenvalue weighted by atomic mass is 10.1. The highest BCUT2D eigenvalue weighted by atomic mass is 16.5. The van der Waals surface area contributed by atoms with E-state index >= 15 is 0 Å². The van der Waals surface area contributed by atoms with Gasteiger partial charge in [-0.15, -0.1) is 0 Å². The van der Waals surface area contributed by atoms with Gasteiger partial charge < -0.3 is 15.4 Å². The summed E-state index contributed by atoms with van der Waals surface area (Å²) in [5.41, 5.74) is 4.39. The minimum atomic E-state index is -0.363. The molecule has 0 aliphatic rings. The molecule has 0 fully saturated rings. The second-order valence-electron chi connectivity index (χ2n) is 5.59. The van der Waals surface area contributed by atoms with Crippen LogP contribution in [0.25, 0.3) is 0 Å². The quantitative estimate of drug-likeness (QED) is 0.824. The number of carbonyl (C=O) groups excluding carboxylic acids is 1. The molecule has 0 heterocycles. The van der Waals surface area contributed by atoms with Crippen LogP contribution < -0.4 is 15.4 Å². The second-order valence-corrected chi connectivity index (χ2v) is 5.59. The number of anilines is 1. The van der Waals surface area contributed by atoms with Crippen LogP contribution in [0.4, 0.5) is 10.5 Å². The highest BCUT2D eigenvalue weighted by molar-refractivity contribution is 5.90. The predicted octanol–water partition coefficient (Wildman–Crippen LogP) is 3.68. The van der Waals surface area contributed by atoms with E-state index in [9.17, 15) is 4.79 Å². The van der Waals surface area contributed by atoms with Gasteiger partial charge in [0, 0.05) is 0 Å². The standard InChI is InChI=1S/C19H21N3O2/c1-13-10-15(3)18(11-14(13)2)24-9-8-21-19(23)22-17-7-5-4-6-16(17)12-20/h4-7,10-11H,8-9H2,1-3H3,(H2,21,22,23). The lowest BCUT2D eigenvalue weighted by molar-refractivity contribution is 0.247. The van der Waals surface area contributed by atoms with Gasteiger partial charge in [-0.25, -0.2) is 4.79 Å². The zero-order chi connectivity index (χ0) is 17.5. The van der Waals surface area contributed by atoms with Gasteiger partial charge in [-0.1, -0.05) is 18.2 Å². The van der Waals surface area contributed by atoms with E-state index in [0.29, 0.717) is 24.4 Å². The van der Waals surface area contributed by atoms with Crippen molar-refractivity contribution >= 4 is 11.7 Å². The van der Waals surface area contributed by atoms with Gasteiger partial charge in [-0.3, -0.25) is 0 Å². The van der Waals surface area contributed by atoms with Gasteiger partial charge in [0.2, 0.25) is 0 Å². The summed E-state index contributed by atoms with van der Waals surface area (Å²) >= 11 is 0. The zero-order valence-corrected chi connectivity index (χ0v) is 14.1. The van der Waals surface area contributed by atoms with E-state index in [-0.39, 0.29) is 6.03 Å². The van der Waals surface area contributed by atoms with E-state index < -0.39 is 0 Å². The fraction of sp³-hybridized carbons (Fsp3) is 0.263. The Morgan fingerprint density at radius 2 is 1.83 bits per heavy atom. The molecule has 0 radical (unpaired) electrons. The molecule has 0 aliphatic carbocycles. The molecule has 2 aromatic rings. The number of carbonyl (C=O) groups is 1. The Balaban J connectivity index is 1.81. The van der Waals surface area contributed by atoms with Crippen LogP contribution in [-0.4, -0.2) is 19.2 Å². The molecule has 2 amide bonds. The van der Waals surface area contributed by atoms with Crippen molar-refractivity contribution in [3.05, 3.63) is 58.7 Å². The van der Waals surface area contributed by atoms with Gasteiger partial charge in [0.15, 0.2) is 0 Å². The van der Waals surface area contributed by atoms with E-state index in [1.807, 2.05) is 26.0 Å². The fourth-order valence-corrected chi connectivity index (χ4v) is 2.27. The van der Waals surface area contributed by atoms with E-state index in [2.05, 4.69) is 23.6 Å². The van der Waals surface area contributed by atoms with Crippen molar-refractivity contribution in [1.29, 1.82) is 5.26 Å². The first-order valence-electron chi connectivity index (χ1n) is 7.76. The lowest BCUT2D eigenvalue weighted by Crippen LogP contribution is -2.32. The van der Waals surface area contributed by atoms with Gasteiger partial charge in [0.05, 0.1) is 17.8 Å². The number of aryl methyl sites for hydroxylation is 3. The zero-order valence-electron chi connectivity index (χ0n) is 14.1. The SMILES string of the molecule is Cc1cc(C)c(OCCNC(=O)Nc2ccccc2C#N)cc1C. The summed E-state index contributed by atoms with van der Waals surface area (Å²) in [5, 5.41) is 14.4. The normalized spacial score (nSPS) is 9.92. The lowest BCUT2D eigenvalue weighted by Gasteiger charge is -2.13. The molecule has 2 N–H and O–H groups in total. The maximum absolute atomic E-state index is 11.9. The molecule has 24 heavy (non-hydrogen) atoms. The summed E-state index contributed by atoms with van der Waals surface area (Å²) in [6.45, 7) is 6.85. The Hall–Kier alpha value is -3.00. The summed E-state index contributed by atoms with van der Waals surface area (Å²) in [5.74, 6) is 0.829. The molecule has 124 valence electrons. The number of hydrogen-bond acceptors (Lipinski definition) is 3. The molecular weight excluding hydrogens is 302 g/mol. The number of rotatable bonds is 5. The average molecular weight is 323 g/mol. The summed E-state index contributed by atoms with van der Waals surface area (Å²) in [4.78, 5) is 11.9. The Morgan fingerprint density at radius 3 is 2.58 bits per heavy atom. The Bertz CT molecular complexity index is 779. The van der Waals surface area contributed by atoms with Gasteiger partial charge in [-0.05, 0) is 55.7 Å². The van der Waals surface area contributed by atoms with Crippen molar-refractivity contribution in [1.82, 2.24) is 5.32 Å². The number of amides is 2. The van der Waals surface area contributed by atoms with E-state index in [1.165, 1.54) is 11.1 Å². The summed E-state index contributed by atoms with van der Waals surface area (Å²) < 4.78 is 5.72. The molecule has 0 bridgehead atoms. The minimum absolute atomic E-state index is 0.363. The smallest absolute Gasteiger partial charge is 0.319 e. The van der Waals surface area contributed by atoms with Crippen molar-refractivity contribution in [2.24, 2.45) is 0 Å². The average Bonchev–Trinajstić information content (AvgIpc) is 2.56. The van der Waals surface area contributed by atoms with Crippen LogP contribution in [0, 0.1) is 32.1 Å². The highest BCUT2D eigenvalue weighted by Crippen LogP contribution is 2.22. The van der Waals surface area contributed by atoms with Crippen LogP contribution in [0.15, 0.2) is 36.4 Å². The van der Waals surface area contributed by atoms with Crippen LogP contribution >= 0.6 is 0 Å². The van der Waals surface area contributed by atoms with Crippen molar-refractivity contribution in [2.75, 3.05) is 18.5 Å². The summed E-state index contributed by atoms with van der Waals surface area (Å²) in [6.07, 6.45) is 0. The van der Waals surface area contributed by atoms with Crippen LogP contribution in [0.1, 0.15) is 22.3 Å². The third kappa shape index (κ3) is 4.50. The van der Waals surface area contributed by atoms with E-state index in [4.69, 9.17) is 10.00 Å². The maximum atomic E-state index is 11.9. The fourth-order valence-electron chi connectivity index (χ4n) is 2.27. The van der Waals surface area contributed by atoms with Crippen LogP contribution in [0.5, 0.6) is 5.75 Å². The van der Waals surface area contributed by atoms with Gasteiger partial charge in [-0.2, -0.15) is 5.26 Å². The number of para-hydroxylation sites is 1. The summed E-state index contributed by atoms with van der Waals surface area (Å²) in [6, 6.07) is 12.6. The van der Waals surface area contributed by atoms with E-state index in [1.54, 1.807) is 24.3 Å².